The van der Waals surface area contributed by atoms with E-state index in [9.17, 15) is 4.79 Å². The lowest BCUT2D eigenvalue weighted by atomic mass is 10.2. The molecule has 0 radical (unpaired) electrons. The van der Waals surface area contributed by atoms with E-state index >= 15 is 0 Å². The molecule has 1 amide bonds. The highest BCUT2D eigenvalue weighted by Crippen LogP contribution is 1.99. The third kappa shape index (κ3) is 14.6. The van der Waals surface area contributed by atoms with Gasteiger partial charge in [-0.15, -0.1) is 0 Å². The Morgan fingerprint density at radius 1 is 1.11 bits per heavy atom. The Balaban J connectivity index is 0. The van der Waals surface area contributed by atoms with E-state index < -0.39 is 0 Å². The number of carbonyl (C=O) groups excluding carboxylic acids is 1. The molecule has 0 saturated carbocycles. The summed E-state index contributed by atoms with van der Waals surface area (Å²) in [7, 11) is 0. The van der Waals surface area contributed by atoms with Gasteiger partial charge in [0.05, 0.1) is 6.17 Å². The quantitative estimate of drug-likeness (QED) is 0.556. The van der Waals surface area contributed by atoms with Gasteiger partial charge in [0.25, 0.3) is 0 Å². The molecule has 4 heteroatoms. The fourth-order valence-electron chi connectivity index (χ4n) is 1.33. The zero-order valence-electron chi connectivity index (χ0n) is 11.6. The van der Waals surface area contributed by atoms with Gasteiger partial charge < -0.3 is 17.2 Å². The molecule has 0 aliphatic rings. The van der Waals surface area contributed by atoms with Crippen LogP contribution < -0.4 is 17.2 Å². The molecule has 0 fully saturated rings. The molecule has 1 unspecified atom stereocenters. The van der Waals surface area contributed by atoms with Crippen LogP contribution in [-0.2, 0) is 4.79 Å². The molecule has 0 aromatic heterocycles. The molecule has 4 nitrogen and oxygen atoms in total. The van der Waals surface area contributed by atoms with Gasteiger partial charge in [-0.1, -0.05) is 62.6 Å². The molecule has 0 spiro atoms. The zero-order valence-corrected chi connectivity index (χ0v) is 11.6. The van der Waals surface area contributed by atoms with Crippen molar-refractivity contribution >= 4 is 5.91 Å². The first-order valence-electron chi connectivity index (χ1n) is 6.19. The van der Waals surface area contributed by atoms with E-state index in [0.717, 1.165) is 12.8 Å². The fourth-order valence-corrected chi connectivity index (χ4v) is 1.33. The topological polar surface area (TPSA) is 90.1 Å². The summed E-state index contributed by atoms with van der Waals surface area (Å²) < 4.78 is 0. The Kier molecular flexibility index (Phi) is 14.4. The highest BCUT2D eigenvalue weighted by atomic mass is 16.1. The summed E-state index contributed by atoms with van der Waals surface area (Å²) in [6, 6.07) is 12.0. The van der Waals surface area contributed by atoms with Crippen LogP contribution in [0.4, 0.5) is 0 Å². The van der Waals surface area contributed by atoms with E-state index in [-0.39, 0.29) is 18.2 Å². The average molecular weight is 253 g/mol. The van der Waals surface area contributed by atoms with Crippen molar-refractivity contribution in [3.05, 3.63) is 36.4 Å². The molecule has 0 saturated heterocycles. The second-order valence-electron chi connectivity index (χ2n) is 3.96. The SMILES string of the molecule is CCCCCC(N)NC(C)=O.N.c1ccccc1. The smallest absolute Gasteiger partial charge is 0.218 e. The van der Waals surface area contributed by atoms with Crippen LogP contribution in [0.1, 0.15) is 39.5 Å². The lowest BCUT2D eigenvalue weighted by molar-refractivity contribution is -0.119. The number of nitrogens with one attached hydrogen (secondary N) is 1. The third-order valence-corrected chi connectivity index (χ3v) is 2.17. The molecule has 0 heterocycles. The molecule has 18 heavy (non-hydrogen) atoms. The molecule has 0 bridgehead atoms. The number of hydrogen-bond donors (Lipinski definition) is 3. The highest BCUT2D eigenvalue weighted by Gasteiger charge is 2.01. The van der Waals surface area contributed by atoms with E-state index in [1.54, 1.807) is 0 Å². The summed E-state index contributed by atoms with van der Waals surface area (Å²) in [5.74, 6) is -0.0472. The minimum Gasteiger partial charge on any atom is -0.344 e. The monoisotopic (exact) mass is 253 g/mol. The zero-order chi connectivity index (χ0) is 12.9. The number of hydrogen-bond acceptors (Lipinski definition) is 3. The second kappa shape index (κ2) is 13.7. The van der Waals surface area contributed by atoms with Gasteiger partial charge in [-0.25, -0.2) is 0 Å². The Hall–Kier alpha value is -1.39. The normalized spacial score (nSPS) is 10.4. The maximum absolute atomic E-state index is 10.5. The van der Waals surface area contributed by atoms with Crippen LogP contribution in [0.25, 0.3) is 0 Å². The Morgan fingerprint density at radius 2 is 1.56 bits per heavy atom. The molecule has 1 atom stereocenters. The molecule has 6 N–H and O–H groups in total. The van der Waals surface area contributed by atoms with E-state index in [0.29, 0.717) is 0 Å². The van der Waals surface area contributed by atoms with Crippen molar-refractivity contribution in [2.75, 3.05) is 0 Å². The average Bonchev–Trinajstić information content (AvgIpc) is 2.31. The molecular weight excluding hydrogens is 226 g/mol. The van der Waals surface area contributed by atoms with Gasteiger partial charge in [-0.3, -0.25) is 4.79 Å². The highest BCUT2D eigenvalue weighted by molar-refractivity contribution is 5.73. The maximum Gasteiger partial charge on any atom is 0.218 e. The van der Waals surface area contributed by atoms with Crippen molar-refractivity contribution in [3.8, 4) is 0 Å². The summed E-state index contributed by atoms with van der Waals surface area (Å²) in [5, 5.41) is 2.64. The van der Waals surface area contributed by atoms with Gasteiger partial charge in [-0.05, 0) is 6.42 Å². The Labute approximate surface area is 111 Å². The molecular formula is C14H27N3O. The summed E-state index contributed by atoms with van der Waals surface area (Å²) in [4.78, 5) is 10.5. The van der Waals surface area contributed by atoms with Crippen molar-refractivity contribution in [2.45, 2.75) is 45.7 Å². The van der Waals surface area contributed by atoms with Gasteiger partial charge in [0.15, 0.2) is 0 Å². The number of rotatable bonds is 5. The van der Waals surface area contributed by atoms with Crippen molar-refractivity contribution in [1.29, 1.82) is 0 Å². The standard InChI is InChI=1S/C8H18N2O.C6H6.H3N/c1-3-4-5-6-8(9)10-7(2)11;1-2-4-6-5-3-1;/h8H,3-6,9H2,1-2H3,(H,10,11);1-6H;1H3. The predicted molar refractivity (Wildman–Crippen MR) is 77.4 cm³/mol. The van der Waals surface area contributed by atoms with Gasteiger partial charge in [-0.2, -0.15) is 0 Å². The van der Waals surface area contributed by atoms with Crippen LogP contribution in [0.15, 0.2) is 36.4 Å². The molecule has 1 aromatic carbocycles. The number of benzene rings is 1. The lowest BCUT2D eigenvalue weighted by Crippen LogP contribution is -2.40. The minimum atomic E-state index is -0.154. The van der Waals surface area contributed by atoms with E-state index in [2.05, 4.69) is 12.2 Å². The van der Waals surface area contributed by atoms with Crippen LogP contribution >= 0.6 is 0 Å². The molecule has 0 aliphatic heterocycles. The van der Waals surface area contributed by atoms with Crippen molar-refractivity contribution in [2.24, 2.45) is 5.73 Å². The number of carbonyl (C=O) groups is 1. The van der Waals surface area contributed by atoms with Crippen LogP contribution in [-0.4, -0.2) is 12.1 Å². The second-order valence-corrected chi connectivity index (χ2v) is 3.96. The summed E-state index contributed by atoms with van der Waals surface area (Å²) >= 11 is 0. The maximum atomic E-state index is 10.5. The van der Waals surface area contributed by atoms with Crippen molar-refractivity contribution in [3.63, 3.8) is 0 Å². The first kappa shape index (κ1) is 19.0. The molecule has 1 rings (SSSR count). The summed E-state index contributed by atoms with van der Waals surface area (Å²) in [5.41, 5.74) is 5.58. The molecule has 104 valence electrons. The summed E-state index contributed by atoms with van der Waals surface area (Å²) in [6.45, 7) is 3.63. The Bertz CT molecular complexity index is 251. The largest absolute Gasteiger partial charge is 0.344 e. The lowest BCUT2D eigenvalue weighted by Gasteiger charge is -2.11. The number of unbranched alkanes of at least 4 members (excludes halogenated alkanes) is 2. The fraction of sp³-hybridized carbons (Fsp3) is 0.500. The van der Waals surface area contributed by atoms with E-state index in [1.807, 2.05) is 36.4 Å². The molecule has 1 aromatic rings. The van der Waals surface area contributed by atoms with Crippen molar-refractivity contribution < 1.29 is 4.79 Å². The van der Waals surface area contributed by atoms with Gasteiger partial charge in [0, 0.05) is 6.92 Å². The predicted octanol–water partition coefficient (Wildman–Crippen LogP) is 2.84. The van der Waals surface area contributed by atoms with Gasteiger partial charge in [0.2, 0.25) is 5.91 Å². The first-order valence-corrected chi connectivity index (χ1v) is 6.19. The third-order valence-electron chi connectivity index (χ3n) is 2.17. The molecule has 0 aliphatic carbocycles. The van der Waals surface area contributed by atoms with Gasteiger partial charge >= 0.3 is 0 Å². The van der Waals surface area contributed by atoms with Crippen LogP contribution in [0.3, 0.4) is 0 Å². The first-order chi connectivity index (χ1) is 8.16. The van der Waals surface area contributed by atoms with Gasteiger partial charge in [0.1, 0.15) is 0 Å². The number of amides is 1. The van der Waals surface area contributed by atoms with Crippen molar-refractivity contribution in [1.82, 2.24) is 11.5 Å². The Morgan fingerprint density at radius 3 is 1.89 bits per heavy atom. The van der Waals surface area contributed by atoms with Crippen LogP contribution in [0.2, 0.25) is 0 Å². The minimum absolute atomic E-state index is 0. The van der Waals surface area contributed by atoms with Crippen LogP contribution in [0, 0.1) is 0 Å². The van der Waals surface area contributed by atoms with E-state index in [4.69, 9.17) is 5.73 Å². The van der Waals surface area contributed by atoms with E-state index in [1.165, 1.54) is 19.8 Å². The summed E-state index contributed by atoms with van der Waals surface area (Å²) in [6.07, 6.45) is 4.20. The van der Waals surface area contributed by atoms with Crippen LogP contribution in [0.5, 0.6) is 0 Å². The number of nitrogens with two attached hydrogens (primary N) is 1.